The normalized spacial score (nSPS) is 21.9. The summed E-state index contributed by atoms with van der Waals surface area (Å²) >= 11 is 0. The zero-order valence-electron chi connectivity index (χ0n) is 16.5. The van der Waals surface area contributed by atoms with Gasteiger partial charge in [0.2, 0.25) is 0 Å². The van der Waals surface area contributed by atoms with Crippen LogP contribution in [0.25, 0.3) is 22.3 Å². The van der Waals surface area contributed by atoms with Crippen molar-refractivity contribution in [3.05, 3.63) is 56.9 Å². The monoisotopic (exact) mass is 408 g/mol. The molecule has 2 aliphatic rings. The first-order chi connectivity index (χ1) is 14.3. The topological polar surface area (TPSA) is 122 Å². The molecule has 154 valence electrons. The van der Waals surface area contributed by atoms with E-state index < -0.39 is 23.4 Å². The molecule has 3 aromatic rings. The Bertz CT molecular complexity index is 1310. The Kier molecular flexibility index (Phi) is 3.84. The van der Waals surface area contributed by atoms with Crippen molar-refractivity contribution in [1.29, 1.82) is 0 Å². The predicted octanol–water partition coefficient (Wildman–Crippen LogP) is 1.84. The van der Waals surface area contributed by atoms with Crippen LogP contribution in [0.3, 0.4) is 0 Å². The van der Waals surface area contributed by atoms with Crippen LogP contribution >= 0.6 is 0 Å². The average Bonchev–Trinajstić information content (AvgIpc) is 3.02. The molecular weight excluding hydrogens is 388 g/mol. The van der Waals surface area contributed by atoms with Gasteiger partial charge >= 0.3 is 5.97 Å². The highest BCUT2D eigenvalue weighted by molar-refractivity contribution is 5.93. The Labute approximate surface area is 171 Å². The zero-order chi connectivity index (χ0) is 21.4. The molecule has 0 aliphatic carbocycles. The lowest BCUT2D eigenvalue weighted by Gasteiger charge is -2.31. The molecule has 0 amide bonds. The Hall–Kier alpha value is -3.23. The number of aromatic hydroxyl groups is 1. The summed E-state index contributed by atoms with van der Waals surface area (Å²) in [6.45, 7) is 3.26. The van der Waals surface area contributed by atoms with E-state index >= 15 is 0 Å². The largest absolute Gasteiger partial charge is 0.507 e. The number of phenols is 1. The Balaban J connectivity index is 1.90. The quantitative estimate of drug-likeness (QED) is 0.553. The molecule has 0 fully saturated rings. The minimum absolute atomic E-state index is 0.0381. The molecule has 0 bridgehead atoms. The SMILES string of the molecule is CCc1c2c(nc3cccc(O)c13)-c1cc3c(c(=O)n1C2O)COC(=O)C3(O)CC. The van der Waals surface area contributed by atoms with Crippen molar-refractivity contribution in [2.45, 2.75) is 45.1 Å². The van der Waals surface area contributed by atoms with Gasteiger partial charge in [-0.15, -0.1) is 0 Å². The number of nitrogens with zero attached hydrogens (tertiary/aromatic N) is 2. The van der Waals surface area contributed by atoms with Crippen LogP contribution in [0.15, 0.2) is 29.1 Å². The molecule has 4 heterocycles. The summed E-state index contributed by atoms with van der Waals surface area (Å²) in [5.74, 6) is -0.750. The summed E-state index contributed by atoms with van der Waals surface area (Å²) in [7, 11) is 0. The van der Waals surface area contributed by atoms with Crippen molar-refractivity contribution in [2.75, 3.05) is 0 Å². The fourth-order valence-corrected chi connectivity index (χ4v) is 4.66. The first kappa shape index (κ1) is 18.8. The van der Waals surface area contributed by atoms with Crippen LogP contribution in [0.1, 0.15) is 48.8 Å². The van der Waals surface area contributed by atoms with Crippen LogP contribution in [-0.2, 0) is 28.2 Å². The molecule has 2 aromatic heterocycles. The third-order valence-corrected chi connectivity index (χ3v) is 6.22. The fraction of sp³-hybridized carbons (Fsp3) is 0.318. The second-order valence-corrected chi connectivity index (χ2v) is 7.64. The summed E-state index contributed by atoms with van der Waals surface area (Å²) in [5, 5.41) is 33.0. The first-order valence-corrected chi connectivity index (χ1v) is 9.84. The third-order valence-electron chi connectivity index (χ3n) is 6.22. The second-order valence-electron chi connectivity index (χ2n) is 7.64. The van der Waals surface area contributed by atoms with Crippen molar-refractivity contribution < 1.29 is 24.9 Å². The molecule has 30 heavy (non-hydrogen) atoms. The van der Waals surface area contributed by atoms with Crippen LogP contribution in [-0.4, -0.2) is 30.8 Å². The van der Waals surface area contributed by atoms with Gasteiger partial charge in [0.25, 0.3) is 5.56 Å². The number of benzene rings is 1. The number of aliphatic hydroxyl groups is 2. The molecule has 8 heteroatoms. The Morgan fingerprint density at radius 2 is 2.07 bits per heavy atom. The number of esters is 1. The molecule has 8 nitrogen and oxygen atoms in total. The summed E-state index contributed by atoms with van der Waals surface area (Å²) in [6, 6.07) is 6.53. The van der Waals surface area contributed by atoms with Crippen molar-refractivity contribution in [3.63, 3.8) is 0 Å². The maximum absolute atomic E-state index is 13.3. The maximum Gasteiger partial charge on any atom is 0.343 e. The van der Waals surface area contributed by atoms with Crippen LogP contribution < -0.4 is 5.56 Å². The van der Waals surface area contributed by atoms with Gasteiger partial charge in [-0.05, 0) is 36.6 Å². The lowest BCUT2D eigenvalue weighted by atomic mass is 9.86. The van der Waals surface area contributed by atoms with Crippen LogP contribution in [0.5, 0.6) is 5.75 Å². The minimum Gasteiger partial charge on any atom is -0.507 e. The van der Waals surface area contributed by atoms with Gasteiger partial charge in [0, 0.05) is 16.5 Å². The number of pyridine rings is 2. The number of aliphatic hydroxyl groups excluding tert-OH is 1. The molecule has 2 aliphatic heterocycles. The number of ether oxygens (including phenoxy) is 1. The van der Waals surface area contributed by atoms with Crippen LogP contribution in [0.4, 0.5) is 0 Å². The number of carbonyl (C=O) groups excluding carboxylic acids is 1. The van der Waals surface area contributed by atoms with E-state index in [0.29, 0.717) is 39.8 Å². The highest BCUT2D eigenvalue weighted by Gasteiger charge is 2.46. The Morgan fingerprint density at radius 1 is 1.30 bits per heavy atom. The van der Waals surface area contributed by atoms with Crippen molar-refractivity contribution in [2.24, 2.45) is 0 Å². The van der Waals surface area contributed by atoms with Gasteiger partial charge in [-0.25, -0.2) is 9.78 Å². The second kappa shape index (κ2) is 6.13. The average molecular weight is 408 g/mol. The fourth-order valence-electron chi connectivity index (χ4n) is 4.66. The number of phenolic OH excluding ortho intramolecular Hbond substituents is 1. The van der Waals surface area contributed by atoms with Gasteiger partial charge in [-0.1, -0.05) is 19.9 Å². The molecule has 2 atom stereocenters. The molecule has 0 radical (unpaired) electrons. The third kappa shape index (κ3) is 2.15. The standard InChI is InChI=1S/C22H20N2O6/c1-3-10-16-13(6-5-7-15(16)25)23-18-14-8-12-11(9-30-21(28)22(12,29)4-2)19(26)24(14)20(27)17(10)18/h5-8,20,25,27,29H,3-4,9H2,1-2H3. The molecule has 3 N–H and O–H groups in total. The number of fused-ring (bicyclic) bond motifs is 5. The number of aromatic nitrogens is 2. The van der Waals surface area contributed by atoms with E-state index in [1.54, 1.807) is 31.2 Å². The number of cyclic esters (lactones) is 1. The highest BCUT2D eigenvalue weighted by Crippen LogP contribution is 2.45. The molecular formula is C22H20N2O6. The van der Waals surface area contributed by atoms with Gasteiger partial charge in [-0.3, -0.25) is 9.36 Å². The van der Waals surface area contributed by atoms with E-state index in [0.717, 1.165) is 0 Å². The van der Waals surface area contributed by atoms with Crippen LogP contribution in [0.2, 0.25) is 0 Å². The van der Waals surface area contributed by atoms with Crippen LogP contribution in [0, 0.1) is 0 Å². The first-order valence-electron chi connectivity index (χ1n) is 9.84. The number of hydrogen-bond donors (Lipinski definition) is 3. The van der Waals surface area contributed by atoms with Gasteiger partial charge in [-0.2, -0.15) is 0 Å². The molecule has 0 spiro atoms. The van der Waals surface area contributed by atoms with E-state index in [1.165, 1.54) is 4.57 Å². The summed E-state index contributed by atoms with van der Waals surface area (Å²) in [4.78, 5) is 30.2. The lowest BCUT2D eigenvalue weighted by Crippen LogP contribution is -2.44. The lowest BCUT2D eigenvalue weighted by molar-refractivity contribution is -0.172. The van der Waals surface area contributed by atoms with E-state index in [9.17, 15) is 24.9 Å². The van der Waals surface area contributed by atoms with Gasteiger partial charge < -0.3 is 20.1 Å². The van der Waals surface area contributed by atoms with Gasteiger partial charge in [0.1, 0.15) is 12.4 Å². The van der Waals surface area contributed by atoms with Crippen molar-refractivity contribution in [3.8, 4) is 17.1 Å². The van der Waals surface area contributed by atoms with Gasteiger partial charge in [0.15, 0.2) is 11.8 Å². The van der Waals surface area contributed by atoms with E-state index in [-0.39, 0.29) is 29.9 Å². The molecule has 0 saturated carbocycles. The van der Waals surface area contributed by atoms with Gasteiger partial charge in [0.05, 0.1) is 22.5 Å². The van der Waals surface area contributed by atoms with Crippen molar-refractivity contribution >= 4 is 16.9 Å². The number of hydrogen-bond acceptors (Lipinski definition) is 7. The van der Waals surface area contributed by atoms with E-state index in [1.807, 2.05) is 6.92 Å². The molecule has 5 rings (SSSR count). The van der Waals surface area contributed by atoms with Crippen molar-refractivity contribution in [1.82, 2.24) is 9.55 Å². The number of aryl methyl sites for hydroxylation is 1. The summed E-state index contributed by atoms with van der Waals surface area (Å²) in [5.41, 5.74) is 0.242. The number of rotatable bonds is 2. The summed E-state index contributed by atoms with van der Waals surface area (Å²) in [6.07, 6.45) is -0.762. The molecule has 2 unspecified atom stereocenters. The predicted molar refractivity (Wildman–Crippen MR) is 107 cm³/mol. The highest BCUT2D eigenvalue weighted by atomic mass is 16.6. The molecule has 1 aromatic carbocycles. The zero-order valence-corrected chi connectivity index (χ0v) is 16.5. The summed E-state index contributed by atoms with van der Waals surface area (Å²) < 4.78 is 6.26. The number of carbonyl (C=O) groups is 1. The smallest absolute Gasteiger partial charge is 0.343 e. The van der Waals surface area contributed by atoms with E-state index in [4.69, 9.17) is 4.74 Å². The Morgan fingerprint density at radius 3 is 2.77 bits per heavy atom. The minimum atomic E-state index is -1.93. The molecule has 0 saturated heterocycles. The maximum atomic E-state index is 13.3. The van der Waals surface area contributed by atoms with E-state index in [2.05, 4.69) is 4.98 Å².